The van der Waals surface area contributed by atoms with Crippen LogP contribution in [0.15, 0.2) is 24.4 Å². The fourth-order valence-electron chi connectivity index (χ4n) is 2.78. The molecular weight excluding hydrogens is 196 g/mol. The van der Waals surface area contributed by atoms with Crippen molar-refractivity contribution in [1.29, 1.82) is 0 Å². The molecule has 2 nitrogen and oxygen atoms in total. The molecule has 0 bridgehead atoms. The number of pyridine rings is 1. The molecule has 1 fully saturated rings. The molecule has 2 N–H and O–H groups in total. The van der Waals surface area contributed by atoms with E-state index < -0.39 is 0 Å². The molecule has 0 spiro atoms. The van der Waals surface area contributed by atoms with Gasteiger partial charge in [-0.1, -0.05) is 19.4 Å². The van der Waals surface area contributed by atoms with Gasteiger partial charge in [0.1, 0.15) is 0 Å². The molecule has 3 atom stereocenters. The van der Waals surface area contributed by atoms with Crippen molar-refractivity contribution in [3.63, 3.8) is 0 Å². The molecule has 1 aliphatic carbocycles. The highest BCUT2D eigenvalue weighted by Gasteiger charge is 2.27. The minimum absolute atomic E-state index is 0.379. The molecule has 2 rings (SSSR count). The monoisotopic (exact) mass is 218 g/mol. The fraction of sp³-hybridized carbons (Fsp3) is 0.643. The molecule has 16 heavy (non-hydrogen) atoms. The summed E-state index contributed by atoms with van der Waals surface area (Å²) in [5.74, 6) is 1.52. The van der Waals surface area contributed by atoms with Gasteiger partial charge in [-0.2, -0.15) is 0 Å². The summed E-state index contributed by atoms with van der Waals surface area (Å²) >= 11 is 0. The van der Waals surface area contributed by atoms with Crippen LogP contribution in [0.1, 0.15) is 38.3 Å². The normalized spacial score (nSPS) is 30.2. The molecule has 1 heterocycles. The predicted octanol–water partition coefficient (Wildman–Crippen LogP) is 2.78. The van der Waals surface area contributed by atoms with Crippen LogP contribution in [0.3, 0.4) is 0 Å². The van der Waals surface area contributed by atoms with Gasteiger partial charge in [0.15, 0.2) is 0 Å². The Kier molecular flexibility index (Phi) is 3.94. The number of nitrogens with zero attached hydrogens (tertiary/aromatic N) is 1. The van der Waals surface area contributed by atoms with Crippen molar-refractivity contribution in [3.05, 3.63) is 30.1 Å². The van der Waals surface area contributed by atoms with E-state index in [1.165, 1.54) is 31.4 Å². The summed E-state index contributed by atoms with van der Waals surface area (Å²) in [4.78, 5) is 4.40. The Morgan fingerprint density at radius 1 is 1.38 bits per heavy atom. The molecule has 0 amide bonds. The van der Waals surface area contributed by atoms with E-state index >= 15 is 0 Å². The van der Waals surface area contributed by atoms with Crippen molar-refractivity contribution in [2.75, 3.05) is 0 Å². The van der Waals surface area contributed by atoms with Crippen LogP contribution >= 0.6 is 0 Å². The molecule has 0 aromatic carbocycles. The van der Waals surface area contributed by atoms with Crippen molar-refractivity contribution in [1.82, 2.24) is 4.98 Å². The molecule has 88 valence electrons. The lowest BCUT2D eigenvalue weighted by atomic mass is 9.75. The summed E-state index contributed by atoms with van der Waals surface area (Å²) in [5.41, 5.74) is 7.41. The van der Waals surface area contributed by atoms with Crippen molar-refractivity contribution >= 4 is 0 Å². The van der Waals surface area contributed by atoms with Gasteiger partial charge in [0.25, 0.3) is 0 Å². The van der Waals surface area contributed by atoms with E-state index in [4.69, 9.17) is 5.73 Å². The summed E-state index contributed by atoms with van der Waals surface area (Å²) in [6.45, 7) is 2.29. The van der Waals surface area contributed by atoms with E-state index in [1.807, 2.05) is 12.3 Å². The molecule has 3 unspecified atom stereocenters. The first kappa shape index (κ1) is 11.6. The van der Waals surface area contributed by atoms with Crippen molar-refractivity contribution < 1.29 is 0 Å². The summed E-state index contributed by atoms with van der Waals surface area (Å²) in [6.07, 6.45) is 8.02. The van der Waals surface area contributed by atoms with E-state index in [0.29, 0.717) is 12.0 Å². The van der Waals surface area contributed by atoms with Gasteiger partial charge in [0.2, 0.25) is 0 Å². The van der Waals surface area contributed by atoms with Crippen LogP contribution in [0.4, 0.5) is 0 Å². The highest BCUT2D eigenvalue weighted by Crippen LogP contribution is 2.32. The number of rotatable bonds is 3. The maximum Gasteiger partial charge on any atom is 0.0406 e. The first-order chi connectivity index (χ1) is 7.79. The largest absolute Gasteiger partial charge is 0.327 e. The van der Waals surface area contributed by atoms with Crippen LogP contribution in [0, 0.1) is 11.8 Å². The van der Waals surface area contributed by atoms with Crippen molar-refractivity contribution in [2.45, 2.75) is 45.1 Å². The molecule has 1 aromatic heterocycles. The Bertz CT molecular complexity index is 310. The average Bonchev–Trinajstić information content (AvgIpc) is 2.33. The highest BCUT2D eigenvalue weighted by molar-refractivity contribution is 5.05. The zero-order valence-corrected chi connectivity index (χ0v) is 10.1. The number of nitrogens with two attached hydrogens (primary N) is 1. The summed E-state index contributed by atoms with van der Waals surface area (Å²) in [6, 6.07) is 6.53. The lowest BCUT2D eigenvalue weighted by Crippen LogP contribution is -2.37. The topological polar surface area (TPSA) is 38.9 Å². The predicted molar refractivity (Wildman–Crippen MR) is 67.0 cm³/mol. The molecule has 0 saturated heterocycles. The van der Waals surface area contributed by atoms with Crippen LogP contribution in [0.25, 0.3) is 0 Å². The van der Waals surface area contributed by atoms with Crippen molar-refractivity contribution in [2.24, 2.45) is 17.6 Å². The number of aromatic nitrogens is 1. The average molecular weight is 218 g/mol. The third-order valence-corrected chi connectivity index (χ3v) is 3.92. The van der Waals surface area contributed by atoms with Gasteiger partial charge in [-0.15, -0.1) is 0 Å². The molecule has 1 aliphatic rings. The second kappa shape index (κ2) is 5.44. The second-order valence-electron chi connectivity index (χ2n) is 5.04. The third-order valence-electron chi connectivity index (χ3n) is 3.92. The SMILES string of the molecule is CCC1CCC(N)C(Cc2ccccn2)C1. The zero-order valence-electron chi connectivity index (χ0n) is 10.1. The van der Waals surface area contributed by atoms with Gasteiger partial charge in [-0.05, 0) is 49.7 Å². The first-order valence-electron chi connectivity index (χ1n) is 6.45. The standard InChI is InChI=1S/C14H22N2/c1-2-11-6-7-14(15)12(9-11)10-13-5-3-4-8-16-13/h3-5,8,11-12,14H,2,6-7,9-10,15H2,1H3. The molecule has 0 aliphatic heterocycles. The summed E-state index contributed by atoms with van der Waals surface area (Å²) in [5, 5.41) is 0. The van der Waals surface area contributed by atoms with Crippen molar-refractivity contribution in [3.8, 4) is 0 Å². The van der Waals surface area contributed by atoms with Gasteiger partial charge in [0.05, 0.1) is 0 Å². The number of hydrogen-bond acceptors (Lipinski definition) is 2. The zero-order chi connectivity index (χ0) is 11.4. The van der Waals surface area contributed by atoms with E-state index in [-0.39, 0.29) is 0 Å². The Morgan fingerprint density at radius 2 is 2.25 bits per heavy atom. The van der Waals surface area contributed by atoms with E-state index in [0.717, 1.165) is 12.3 Å². The molecule has 1 aromatic rings. The van der Waals surface area contributed by atoms with E-state index in [9.17, 15) is 0 Å². The fourth-order valence-corrected chi connectivity index (χ4v) is 2.78. The van der Waals surface area contributed by atoms with Gasteiger partial charge in [-0.3, -0.25) is 4.98 Å². The third kappa shape index (κ3) is 2.82. The van der Waals surface area contributed by atoms with Gasteiger partial charge in [-0.25, -0.2) is 0 Å². The van der Waals surface area contributed by atoms with Gasteiger partial charge >= 0.3 is 0 Å². The van der Waals surface area contributed by atoms with Crippen LogP contribution in [-0.4, -0.2) is 11.0 Å². The molecular formula is C14H22N2. The summed E-state index contributed by atoms with van der Waals surface area (Å²) < 4.78 is 0. The number of hydrogen-bond donors (Lipinski definition) is 1. The van der Waals surface area contributed by atoms with E-state index in [2.05, 4.69) is 24.0 Å². The maximum atomic E-state index is 6.22. The lowest BCUT2D eigenvalue weighted by molar-refractivity contribution is 0.226. The first-order valence-corrected chi connectivity index (χ1v) is 6.45. The maximum absolute atomic E-state index is 6.22. The van der Waals surface area contributed by atoms with Crippen LogP contribution in [-0.2, 0) is 6.42 Å². The molecule has 1 saturated carbocycles. The van der Waals surface area contributed by atoms with Crippen LogP contribution in [0.5, 0.6) is 0 Å². The minimum Gasteiger partial charge on any atom is -0.327 e. The molecule has 0 radical (unpaired) electrons. The minimum atomic E-state index is 0.379. The van der Waals surface area contributed by atoms with Crippen LogP contribution < -0.4 is 5.73 Å². The van der Waals surface area contributed by atoms with Gasteiger partial charge < -0.3 is 5.73 Å². The summed E-state index contributed by atoms with van der Waals surface area (Å²) in [7, 11) is 0. The molecule has 2 heteroatoms. The lowest BCUT2D eigenvalue weighted by Gasteiger charge is -2.33. The smallest absolute Gasteiger partial charge is 0.0406 e. The van der Waals surface area contributed by atoms with Crippen LogP contribution in [0.2, 0.25) is 0 Å². The van der Waals surface area contributed by atoms with E-state index in [1.54, 1.807) is 0 Å². The highest BCUT2D eigenvalue weighted by atomic mass is 14.7. The quantitative estimate of drug-likeness (QED) is 0.847. The second-order valence-corrected chi connectivity index (χ2v) is 5.04. The Balaban J connectivity index is 1.97. The Hall–Kier alpha value is -0.890. The Labute approximate surface area is 98.3 Å². The van der Waals surface area contributed by atoms with Gasteiger partial charge in [0, 0.05) is 17.9 Å². The Morgan fingerprint density at radius 3 is 2.94 bits per heavy atom.